The van der Waals surface area contributed by atoms with Crippen LogP contribution in [0.15, 0.2) is 28.1 Å². The van der Waals surface area contributed by atoms with Gasteiger partial charge in [-0.25, -0.2) is 9.97 Å². The van der Waals surface area contributed by atoms with Gasteiger partial charge in [0.25, 0.3) is 5.91 Å². The quantitative estimate of drug-likeness (QED) is 0.554. The van der Waals surface area contributed by atoms with E-state index in [0.29, 0.717) is 5.69 Å². The van der Waals surface area contributed by atoms with Crippen molar-refractivity contribution in [3.05, 3.63) is 28.6 Å². The van der Waals surface area contributed by atoms with Crippen LogP contribution in [0.3, 0.4) is 0 Å². The molecule has 1 aliphatic rings. The third kappa shape index (κ3) is 3.98. The third-order valence-electron chi connectivity index (χ3n) is 4.45. The minimum Gasteiger partial charge on any atom is -0.355 e. The molecule has 0 saturated carbocycles. The topological polar surface area (TPSA) is 67.2 Å². The average molecular weight is 425 g/mol. The Morgan fingerprint density at radius 2 is 2.12 bits per heavy atom. The zero-order valence-electron chi connectivity index (χ0n) is 14.5. The van der Waals surface area contributed by atoms with E-state index in [2.05, 4.69) is 35.9 Å². The molecule has 1 amide bonds. The van der Waals surface area contributed by atoms with Crippen molar-refractivity contribution in [1.29, 1.82) is 0 Å². The van der Waals surface area contributed by atoms with E-state index in [1.807, 2.05) is 25.3 Å². The molecule has 134 valence electrons. The molecular weight excluding hydrogens is 404 g/mol. The van der Waals surface area contributed by atoms with Gasteiger partial charge >= 0.3 is 0 Å². The maximum Gasteiger partial charge on any atom is 0.274 e. The Bertz CT molecular complexity index is 759. The van der Waals surface area contributed by atoms with Crippen LogP contribution in [0.1, 0.15) is 23.3 Å². The number of piperidine rings is 1. The average Bonchev–Trinajstić information content (AvgIpc) is 3.07. The van der Waals surface area contributed by atoms with Crippen molar-refractivity contribution in [3.63, 3.8) is 0 Å². The van der Waals surface area contributed by atoms with E-state index < -0.39 is 0 Å². The summed E-state index contributed by atoms with van der Waals surface area (Å²) in [5.74, 6) is 0.906. The molecule has 2 aromatic heterocycles. The first-order valence-electron chi connectivity index (χ1n) is 8.08. The minimum atomic E-state index is -0.0214. The van der Waals surface area contributed by atoms with E-state index in [1.54, 1.807) is 23.1 Å². The standard InChI is InChI=1S/C16H21BrN6OS/c1-21-7-6-13(20-21)15(24)22(2)11-4-8-23(9-5-11)14-12(17)10-18-16(19-14)25-3/h6-7,10-11H,4-5,8-9H2,1-3H3. The molecule has 0 radical (unpaired) electrons. The van der Waals surface area contributed by atoms with Crippen molar-refractivity contribution in [2.45, 2.75) is 24.0 Å². The highest BCUT2D eigenvalue weighted by Gasteiger charge is 2.28. The van der Waals surface area contributed by atoms with Gasteiger partial charge < -0.3 is 9.80 Å². The number of anilines is 1. The predicted octanol–water partition coefficient (Wildman–Crippen LogP) is 2.44. The molecule has 0 unspecified atom stereocenters. The number of halogens is 1. The molecule has 1 saturated heterocycles. The molecule has 0 atom stereocenters. The van der Waals surface area contributed by atoms with Gasteiger partial charge in [0.2, 0.25) is 0 Å². The largest absolute Gasteiger partial charge is 0.355 e. The molecule has 7 nitrogen and oxygen atoms in total. The SMILES string of the molecule is CSc1ncc(Br)c(N2CCC(N(C)C(=O)c3ccn(C)n3)CC2)n1. The summed E-state index contributed by atoms with van der Waals surface area (Å²) in [5, 5.41) is 4.98. The Labute approximate surface area is 159 Å². The lowest BCUT2D eigenvalue weighted by molar-refractivity contribution is 0.0702. The van der Waals surface area contributed by atoms with Gasteiger partial charge in [0.05, 0.1) is 4.47 Å². The van der Waals surface area contributed by atoms with Crippen LogP contribution in [0, 0.1) is 0 Å². The Hall–Kier alpha value is -1.61. The Morgan fingerprint density at radius 3 is 2.72 bits per heavy atom. The molecule has 25 heavy (non-hydrogen) atoms. The van der Waals surface area contributed by atoms with Crippen LogP contribution in [0.5, 0.6) is 0 Å². The summed E-state index contributed by atoms with van der Waals surface area (Å²) in [6.07, 6.45) is 7.37. The second-order valence-corrected chi connectivity index (χ2v) is 7.66. The van der Waals surface area contributed by atoms with Crippen LogP contribution in [0.4, 0.5) is 5.82 Å². The number of aryl methyl sites for hydroxylation is 1. The van der Waals surface area contributed by atoms with Gasteiger partial charge in [0.1, 0.15) is 11.5 Å². The van der Waals surface area contributed by atoms with Gasteiger partial charge in [0.15, 0.2) is 5.16 Å². The Morgan fingerprint density at radius 1 is 1.40 bits per heavy atom. The highest BCUT2D eigenvalue weighted by atomic mass is 79.9. The maximum atomic E-state index is 12.6. The number of hydrogen-bond acceptors (Lipinski definition) is 6. The summed E-state index contributed by atoms with van der Waals surface area (Å²) >= 11 is 5.08. The fraction of sp³-hybridized carbons (Fsp3) is 0.500. The lowest BCUT2D eigenvalue weighted by atomic mass is 10.0. The molecule has 1 aliphatic heterocycles. The number of carbonyl (C=O) groups is 1. The normalized spacial score (nSPS) is 15.4. The zero-order chi connectivity index (χ0) is 18.0. The first-order valence-corrected chi connectivity index (χ1v) is 10.1. The van der Waals surface area contributed by atoms with E-state index in [-0.39, 0.29) is 11.9 Å². The van der Waals surface area contributed by atoms with Crippen molar-refractivity contribution in [2.75, 3.05) is 31.3 Å². The molecular formula is C16H21BrN6OS. The van der Waals surface area contributed by atoms with Gasteiger partial charge in [-0.05, 0) is 41.1 Å². The van der Waals surface area contributed by atoms with Crippen LogP contribution < -0.4 is 4.90 Å². The summed E-state index contributed by atoms with van der Waals surface area (Å²) in [4.78, 5) is 25.5. The van der Waals surface area contributed by atoms with Crippen LogP contribution >= 0.6 is 27.7 Å². The van der Waals surface area contributed by atoms with Gasteiger partial charge in [-0.2, -0.15) is 5.10 Å². The molecule has 0 spiro atoms. The summed E-state index contributed by atoms with van der Waals surface area (Å²) < 4.78 is 2.56. The van der Waals surface area contributed by atoms with E-state index in [9.17, 15) is 4.79 Å². The van der Waals surface area contributed by atoms with Crippen LogP contribution in [0.25, 0.3) is 0 Å². The number of thioether (sulfide) groups is 1. The highest BCUT2D eigenvalue weighted by molar-refractivity contribution is 9.10. The molecule has 0 N–H and O–H groups in total. The second kappa shape index (κ2) is 7.74. The van der Waals surface area contributed by atoms with Crippen molar-refractivity contribution >= 4 is 39.4 Å². The molecule has 0 aromatic carbocycles. The van der Waals surface area contributed by atoms with E-state index >= 15 is 0 Å². The maximum absolute atomic E-state index is 12.6. The number of rotatable bonds is 4. The second-order valence-electron chi connectivity index (χ2n) is 6.04. The van der Waals surface area contributed by atoms with Crippen LogP contribution in [-0.4, -0.2) is 63.0 Å². The van der Waals surface area contributed by atoms with Crippen molar-refractivity contribution in [2.24, 2.45) is 7.05 Å². The number of carbonyl (C=O) groups excluding carboxylic acids is 1. The van der Waals surface area contributed by atoms with Gasteiger partial charge in [0, 0.05) is 45.6 Å². The van der Waals surface area contributed by atoms with E-state index in [4.69, 9.17) is 0 Å². The molecule has 3 heterocycles. The van der Waals surface area contributed by atoms with Crippen LogP contribution in [0.2, 0.25) is 0 Å². The third-order valence-corrected chi connectivity index (χ3v) is 5.57. The lowest BCUT2D eigenvalue weighted by Crippen LogP contribution is -2.46. The summed E-state index contributed by atoms with van der Waals surface area (Å²) in [6, 6.07) is 1.97. The summed E-state index contributed by atoms with van der Waals surface area (Å²) in [7, 11) is 3.68. The van der Waals surface area contributed by atoms with Gasteiger partial charge in [-0.1, -0.05) is 11.8 Å². The van der Waals surface area contributed by atoms with Gasteiger partial charge in [-0.15, -0.1) is 0 Å². The fourth-order valence-corrected chi connectivity index (χ4v) is 3.78. The van der Waals surface area contributed by atoms with Crippen LogP contribution in [-0.2, 0) is 7.05 Å². The number of nitrogens with zero attached hydrogens (tertiary/aromatic N) is 6. The first kappa shape index (κ1) is 18.2. The number of aromatic nitrogens is 4. The van der Waals surface area contributed by atoms with E-state index in [0.717, 1.165) is 41.4 Å². The lowest BCUT2D eigenvalue weighted by Gasteiger charge is -2.37. The first-order chi connectivity index (χ1) is 12.0. The fourth-order valence-electron chi connectivity index (χ4n) is 3.00. The highest BCUT2D eigenvalue weighted by Crippen LogP contribution is 2.28. The van der Waals surface area contributed by atoms with E-state index in [1.165, 1.54) is 11.8 Å². The van der Waals surface area contributed by atoms with Crippen molar-refractivity contribution in [3.8, 4) is 0 Å². The van der Waals surface area contributed by atoms with Gasteiger partial charge in [-0.3, -0.25) is 9.48 Å². The summed E-state index contributed by atoms with van der Waals surface area (Å²) in [5.41, 5.74) is 0.496. The molecule has 1 fully saturated rings. The van der Waals surface area contributed by atoms with Crippen molar-refractivity contribution in [1.82, 2.24) is 24.6 Å². The molecule has 0 bridgehead atoms. The molecule has 3 rings (SSSR count). The number of hydrogen-bond donors (Lipinski definition) is 0. The smallest absolute Gasteiger partial charge is 0.274 e. The number of amides is 1. The predicted molar refractivity (Wildman–Crippen MR) is 102 cm³/mol. The zero-order valence-corrected chi connectivity index (χ0v) is 16.9. The van der Waals surface area contributed by atoms with Crippen molar-refractivity contribution < 1.29 is 4.79 Å². The Kier molecular flexibility index (Phi) is 5.63. The molecule has 9 heteroatoms. The monoisotopic (exact) mass is 424 g/mol. The Balaban J connectivity index is 1.64. The summed E-state index contributed by atoms with van der Waals surface area (Å²) in [6.45, 7) is 1.71. The molecule has 0 aliphatic carbocycles. The minimum absolute atomic E-state index is 0.0214. The molecule has 2 aromatic rings.